The monoisotopic (exact) mass is 435 g/mol. The Morgan fingerprint density at radius 3 is 2.52 bits per heavy atom. The minimum absolute atomic E-state index is 0.0271. The molecule has 2 atom stereocenters. The molecule has 5 nitrogen and oxygen atoms in total. The number of hydrogen-bond donors (Lipinski definition) is 0. The van der Waals surface area contributed by atoms with Crippen molar-refractivity contribution in [3.63, 3.8) is 0 Å². The van der Waals surface area contributed by atoms with E-state index in [0.29, 0.717) is 17.3 Å². The van der Waals surface area contributed by atoms with E-state index in [2.05, 4.69) is 6.92 Å². The van der Waals surface area contributed by atoms with Crippen LogP contribution < -0.4 is 0 Å². The summed E-state index contributed by atoms with van der Waals surface area (Å²) in [5.41, 5.74) is 3.01. The lowest BCUT2D eigenvalue weighted by atomic mass is 9.98. The number of carbonyl (C=O) groups excluding carboxylic acids is 2. The molecule has 31 heavy (non-hydrogen) atoms. The van der Waals surface area contributed by atoms with Gasteiger partial charge in [0.1, 0.15) is 11.7 Å². The number of aromatic nitrogens is 2. The third-order valence-electron chi connectivity index (χ3n) is 5.81. The lowest BCUT2D eigenvalue weighted by Gasteiger charge is -2.38. The van der Waals surface area contributed by atoms with Crippen molar-refractivity contribution in [2.45, 2.75) is 45.2 Å². The van der Waals surface area contributed by atoms with Gasteiger partial charge in [-0.1, -0.05) is 73.8 Å². The van der Waals surface area contributed by atoms with Crippen molar-refractivity contribution in [1.82, 2.24) is 14.7 Å². The summed E-state index contributed by atoms with van der Waals surface area (Å²) in [6, 6.07) is 18.2. The maximum absolute atomic E-state index is 13.5. The van der Waals surface area contributed by atoms with Crippen LogP contribution in [0, 0.1) is 0 Å². The van der Waals surface area contributed by atoms with Crippen molar-refractivity contribution in [1.29, 1.82) is 0 Å². The van der Waals surface area contributed by atoms with E-state index in [1.54, 1.807) is 11.8 Å². The summed E-state index contributed by atoms with van der Waals surface area (Å²) in [4.78, 5) is 27.9. The van der Waals surface area contributed by atoms with Crippen LogP contribution >= 0.6 is 11.6 Å². The Bertz CT molecular complexity index is 1080. The van der Waals surface area contributed by atoms with Gasteiger partial charge in [0.25, 0.3) is 5.91 Å². The first-order valence-corrected chi connectivity index (χ1v) is 11.1. The number of Topliss-reactive ketones (excluding diaryl/α,β-unsaturated/α-hetero) is 1. The van der Waals surface area contributed by atoms with Crippen LogP contribution in [0.5, 0.6) is 0 Å². The number of benzene rings is 2. The number of unbranched alkanes of at least 4 members (excludes halogenated alkanes) is 1. The van der Waals surface area contributed by atoms with Gasteiger partial charge in [-0.25, -0.2) is 0 Å². The summed E-state index contributed by atoms with van der Waals surface area (Å²) in [7, 11) is 0. The van der Waals surface area contributed by atoms with Crippen molar-refractivity contribution in [3.05, 3.63) is 76.9 Å². The molecule has 0 fully saturated rings. The van der Waals surface area contributed by atoms with Gasteiger partial charge in [0.15, 0.2) is 5.78 Å². The van der Waals surface area contributed by atoms with Crippen LogP contribution in [0.1, 0.15) is 61.2 Å². The second-order valence-corrected chi connectivity index (χ2v) is 8.48. The van der Waals surface area contributed by atoms with Gasteiger partial charge >= 0.3 is 0 Å². The number of carbonyl (C=O) groups is 2. The first-order chi connectivity index (χ1) is 15.0. The number of halogens is 1. The largest absolute Gasteiger partial charge is 0.321 e. The average molecular weight is 436 g/mol. The molecule has 2 heterocycles. The predicted octanol–water partition coefficient (Wildman–Crippen LogP) is 5.72. The van der Waals surface area contributed by atoms with Crippen molar-refractivity contribution in [2.24, 2.45) is 0 Å². The third kappa shape index (κ3) is 4.28. The molecule has 6 heteroatoms. The van der Waals surface area contributed by atoms with Crippen molar-refractivity contribution >= 4 is 23.3 Å². The maximum atomic E-state index is 13.5. The molecule has 1 amide bonds. The third-order valence-corrected chi connectivity index (χ3v) is 6.06. The van der Waals surface area contributed by atoms with E-state index in [1.807, 2.05) is 65.3 Å². The highest BCUT2D eigenvalue weighted by atomic mass is 35.5. The van der Waals surface area contributed by atoms with Gasteiger partial charge in [-0.05, 0) is 37.1 Å². The number of ketones is 1. The van der Waals surface area contributed by atoms with E-state index < -0.39 is 6.04 Å². The Kier molecular flexibility index (Phi) is 6.23. The zero-order valence-electron chi connectivity index (χ0n) is 17.8. The van der Waals surface area contributed by atoms with E-state index in [-0.39, 0.29) is 17.7 Å². The fraction of sp³-hybridized carbons (Fsp3) is 0.320. The Labute approximate surface area is 187 Å². The molecular weight excluding hydrogens is 410 g/mol. The Balaban J connectivity index is 1.76. The van der Waals surface area contributed by atoms with E-state index in [1.165, 1.54) is 0 Å². The van der Waals surface area contributed by atoms with Gasteiger partial charge in [-0.2, -0.15) is 5.10 Å². The number of hydrogen-bond acceptors (Lipinski definition) is 3. The standard InChI is InChI=1S/C25H26ClN3O2/c1-3-4-10-21-16-28(24(17(2)30)19-8-6-5-7-9-19)25(31)23-15-22(27-29(21)23)18-11-13-20(26)14-12-18/h5-9,11-15,21,24H,3-4,10,16H2,1-2H3. The lowest BCUT2D eigenvalue weighted by molar-refractivity contribution is -0.122. The molecule has 1 aromatic heterocycles. The van der Waals surface area contributed by atoms with Crippen molar-refractivity contribution < 1.29 is 9.59 Å². The fourth-order valence-corrected chi connectivity index (χ4v) is 4.40. The molecule has 0 saturated carbocycles. The summed E-state index contributed by atoms with van der Waals surface area (Å²) in [5, 5.41) is 5.44. The number of nitrogens with zero attached hydrogens (tertiary/aromatic N) is 3. The van der Waals surface area contributed by atoms with E-state index in [0.717, 1.165) is 36.1 Å². The van der Waals surface area contributed by atoms with E-state index >= 15 is 0 Å². The second-order valence-electron chi connectivity index (χ2n) is 8.04. The van der Waals surface area contributed by atoms with Crippen LogP contribution in [0.4, 0.5) is 0 Å². The summed E-state index contributed by atoms with van der Waals surface area (Å²) < 4.78 is 1.86. The van der Waals surface area contributed by atoms with Crippen molar-refractivity contribution in [2.75, 3.05) is 6.54 Å². The minimum atomic E-state index is -0.597. The Morgan fingerprint density at radius 1 is 1.16 bits per heavy atom. The van der Waals surface area contributed by atoms with E-state index in [4.69, 9.17) is 16.7 Å². The molecule has 0 N–H and O–H groups in total. The number of fused-ring (bicyclic) bond motifs is 1. The average Bonchev–Trinajstić information content (AvgIpc) is 3.22. The molecule has 0 saturated heterocycles. The quantitative estimate of drug-likeness (QED) is 0.476. The van der Waals surface area contributed by atoms with Crippen LogP contribution in [-0.2, 0) is 4.79 Å². The highest BCUT2D eigenvalue weighted by Crippen LogP contribution is 2.34. The molecular formula is C25H26ClN3O2. The maximum Gasteiger partial charge on any atom is 0.273 e. The molecule has 4 rings (SSSR count). The summed E-state index contributed by atoms with van der Waals surface area (Å²) >= 11 is 6.03. The van der Waals surface area contributed by atoms with Gasteiger partial charge in [0.05, 0.1) is 11.7 Å². The molecule has 0 aliphatic carbocycles. The molecule has 0 spiro atoms. The van der Waals surface area contributed by atoms with Gasteiger partial charge in [-0.3, -0.25) is 14.3 Å². The Hall–Kier alpha value is -2.92. The highest BCUT2D eigenvalue weighted by molar-refractivity contribution is 6.30. The zero-order valence-corrected chi connectivity index (χ0v) is 18.5. The fourth-order valence-electron chi connectivity index (χ4n) is 4.27. The van der Waals surface area contributed by atoms with E-state index in [9.17, 15) is 9.59 Å². The second kappa shape index (κ2) is 9.06. The van der Waals surface area contributed by atoms with Crippen molar-refractivity contribution in [3.8, 4) is 11.3 Å². The number of amides is 1. The molecule has 2 aromatic carbocycles. The van der Waals surface area contributed by atoms with Gasteiger partial charge in [0.2, 0.25) is 0 Å². The highest BCUT2D eigenvalue weighted by Gasteiger charge is 2.38. The predicted molar refractivity (Wildman–Crippen MR) is 122 cm³/mol. The van der Waals surface area contributed by atoms with Gasteiger partial charge in [-0.15, -0.1) is 0 Å². The smallest absolute Gasteiger partial charge is 0.273 e. The first-order valence-electron chi connectivity index (χ1n) is 10.7. The van der Waals surface area contributed by atoms with Crippen LogP contribution in [0.3, 0.4) is 0 Å². The summed E-state index contributed by atoms with van der Waals surface area (Å²) in [5.74, 6) is -0.204. The van der Waals surface area contributed by atoms with Crippen LogP contribution in [0.15, 0.2) is 60.7 Å². The SMILES string of the molecule is CCCCC1CN(C(C(C)=O)c2ccccc2)C(=O)c2cc(-c3ccc(Cl)cc3)nn21. The van der Waals surface area contributed by atoms with Gasteiger partial charge < -0.3 is 4.90 Å². The molecule has 2 unspecified atom stereocenters. The minimum Gasteiger partial charge on any atom is -0.321 e. The van der Waals surface area contributed by atoms with Crippen LogP contribution in [-0.4, -0.2) is 32.9 Å². The Morgan fingerprint density at radius 2 is 1.87 bits per heavy atom. The summed E-state index contributed by atoms with van der Waals surface area (Å²) in [6.45, 7) is 4.17. The lowest BCUT2D eigenvalue weighted by Crippen LogP contribution is -2.47. The zero-order chi connectivity index (χ0) is 22.0. The molecule has 1 aliphatic heterocycles. The summed E-state index contributed by atoms with van der Waals surface area (Å²) in [6.07, 6.45) is 2.98. The molecule has 0 radical (unpaired) electrons. The first kappa shape index (κ1) is 21.3. The molecule has 160 valence electrons. The van der Waals surface area contributed by atoms with Gasteiger partial charge in [0, 0.05) is 17.1 Å². The number of rotatable bonds is 7. The molecule has 3 aromatic rings. The van der Waals surface area contributed by atoms with Crippen LogP contribution in [0.25, 0.3) is 11.3 Å². The molecule has 0 bridgehead atoms. The topological polar surface area (TPSA) is 55.2 Å². The molecule has 1 aliphatic rings. The van der Waals surface area contributed by atoms with Crippen LogP contribution in [0.2, 0.25) is 5.02 Å². The normalized spacial score (nSPS) is 16.8.